The van der Waals surface area contributed by atoms with Crippen molar-refractivity contribution in [1.29, 1.82) is 0 Å². The van der Waals surface area contributed by atoms with Crippen molar-refractivity contribution < 1.29 is 29.0 Å². The highest BCUT2D eigenvalue weighted by Gasteiger charge is 2.44. The fraction of sp³-hybridized carbons (Fsp3) is 0.639. The first-order valence-electron chi connectivity index (χ1n) is 17.4. The molecule has 12 nitrogen and oxygen atoms in total. The van der Waals surface area contributed by atoms with Gasteiger partial charge in [0.15, 0.2) is 0 Å². The van der Waals surface area contributed by atoms with E-state index in [1.54, 1.807) is 38.9 Å². The van der Waals surface area contributed by atoms with Crippen molar-refractivity contribution in [3.8, 4) is 0 Å². The van der Waals surface area contributed by atoms with Gasteiger partial charge in [0, 0.05) is 37.8 Å². The fourth-order valence-electron chi connectivity index (χ4n) is 6.96. The largest absolute Gasteiger partial charge is 0.444 e. The molecule has 1 aromatic heterocycles. The van der Waals surface area contributed by atoms with Crippen LogP contribution in [0.1, 0.15) is 90.3 Å². The standard InChI is InChI=1S/C36H54N6O6/c1-6-26-20-27(34(46)42(26)5)31(43)28(17-23-13-9-7-10-14-23)39-33(45)30(19-25-21-37-22-38-25)40-32(44)29(18-24-15-11-8-12-16-24)41-35(47)48-36(2,3)4/h8,11-12,15-16,21-23,26-31,43H,6-7,9-10,13-14,17-20H2,1-5H3,(H,37,38)(H,39,45)(H,40,44)(H,41,47)/t26-,27-,28-,29-,30-,31-/m0/s1. The monoisotopic (exact) mass is 666 g/mol. The fourth-order valence-corrected chi connectivity index (χ4v) is 6.96. The number of aliphatic hydroxyl groups excluding tert-OH is 1. The minimum absolute atomic E-state index is 0.0367. The molecular weight excluding hydrogens is 612 g/mol. The topological polar surface area (TPSA) is 166 Å². The van der Waals surface area contributed by atoms with Gasteiger partial charge < -0.3 is 35.7 Å². The van der Waals surface area contributed by atoms with Gasteiger partial charge in [0.2, 0.25) is 17.7 Å². The molecular formula is C36H54N6O6. The maximum absolute atomic E-state index is 14.2. The van der Waals surface area contributed by atoms with Gasteiger partial charge in [-0.3, -0.25) is 14.4 Å². The first-order valence-corrected chi connectivity index (χ1v) is 17.4. The Balaban J connectivity index is 1.57. The number of nitrogens with zero attached hydrogens (tertiary/aromatic N) is 2. The predicted octanol–water partition coefficient (Wildman–Crippen LogP) is 3.65. The zero-order valence-electron chi connectivity index (χ0n) is 29.0. The van der Waals surface area contributed by atoms with Gasteiger partial charge in [0.05, 0.1) is 24.4 Å². The van der Waals surface area contributed by atoms with Crippen molar-refractivity contribution in [2.45, 2.75) is 128 Å². The van der Waals surface area contributed by atoms with E-state index in [1.165, 1.54) is 12.7 Å². The number of ether oxygens (including phenoxy) is 1. The summed E-state index contributed by atoms with van der Waals surface area (Å²) in [4.78, 5) is 62.9. The van der Waals surface area contributed by atoms with Gasteiger partial charge in [0.1, 0.15) is 17.7 Å². The lowest BCUT2D eigenvalue weighted by atomic mass is 9.81. The van der Waals surface area contributed by atoms with E-state index in [1.807, 2.05) is 37.3 Å². The van der Waals surface area contributed by atoms with Gasteiger partial charge in [-0.2, -0.15) is 0 Å². The number of aromatic amines is 1. The molecule has 2 fully saturated rings. The van der Waals surface area contributed by atoms with Crippen LogP contribution in [0.5, 0.6) is 0 Å². The summed E-state index contributed by atoms with van der Waals surface area (Å²) in [6, 6.07) is 6.52. The Labute approximate surface area is 284 Å². The molecule has 4 amide bonds. The highest BCUT2D eigenvalue weighted by molar-refractivity contribution is 5.92. The van der Waals surface area contributed by atoms with Crippen molar-refractivity contribution in [3.05, 3.63) is 54.1 Å². The summed E-state index contributed by atoms with van der Waals surface area (Å²) in [6.45, 7) is 7.24. The second-order valence-electron chi connectivity index (χ2n) is 14.4. The lowest BCUT2D eigenvalue weighted by Crippen LogP contribution is -2.58. The number of aromatic nitrogens is 2. The highest BCUT2D eigenvalue weighted by atomic mass is 16.6. The molecule has 1 saturated carbocycles. The van der Waals surface area contributed by atoms with Crippen LogP contribution in [0.15, 0.2) is 42.9 Å². The van der Waals surface area contributed by atoms with Crippen LogP contribution in [0.3, 0.4) is 0 Å². The number of alkyl carbamates (subject to hydrolysis) is 1. The van der Waals surface area contributed by atoms with Crippen molar-refractivity contribution in [2.24, 2.45) is 11.8 Å². The first-order chi connectivity index (χ1) is 22.8. The molecule has 1 aromatic carbocycles. The van der Waals surface area contributed by atoms with Gasteiger partial charge in [-0.05, 0) is 51.5 Å². The highest BCUT2D eigenvalue weighted by Crippen LogP contribution is 2.33. The molecule has 2 heterocycles. The van der Waals surface area contributed by atoms with E-state index in [-0.39, 0.29) is 24.8 Å². The molecule has 1 aliphatic carbocycles. The quantitative estimate of drug-likeness (QED) is 0.205. The van der Waals surface area contributed by atoms with Crippen LogP contribution >= 0.6 is 0 Å². The molecule has 0 unspecified atom stereocenters. The van der Waals surface area contributed by atoms with Gasteiger partial charge in [0.25, 0.3) is 0 Å². The van der Waals surface area contributed by atoms with Crippen LogP contribution in [0, 0.1) is 11.8 Å². The summed E-state index contributed by atoms with van der Waals surface area (Å²) >= 11 is 0. The van der Waals surface area contributed by atoms with Gasteiger partial charge in [-0.15, -0.1) is 0 Å². The molecule has 5 N–H and O–H groups in total. The van der Waals surface area contributed by atoms with Crippen molar-refractivity contribution in [2.75, 3.05) is 7.05 Å². The Morgan fingerprint density at radius 2 is 1.69 bits per heavy atom. The van der Waals surface area contributed by atoms with Crippen LogP contribution in [-0.4, -0.2) is 86.7 Å². The summed E-state index contributed by atoms with van der Waals surface area (Å²) in [5.74, 6) is -1.48. The second kappa shape index (κ2) is 16.9. The molecule has 0 bridgehead atoms. The van der Waals surface area contributed by atoms with Crippen LogP contribution in [-0.2, 0) is 32.0 Å². The lowest BCUT2D eigenvalue weighted by molar-refractivity contribution is -0.136. The number of benzene rings is 1. The molecule has 1 aliphatic heterocycles. The molecule has 48 heavy (non-hydrogen) atoms. The van der Waals surface area contributed by atoms with Crippen LogP contribution in [0.25, 0.3) is 0 Å². The van der Waals surface area contributed by atoms with Crippen molar-refractivity contribution in [3.63, 3.8) is 0 Å². The normalized spacial score (nSPS) is 21.2. The van der Waals surface area contributed by atoms with Crippen LogP contribution in [0.2, 0.25) is 0 Å². The minimum atomic E-state index is -1.08. The number of likely N-dealkylation sites (tertiary alicyclic amines) is 1. The molecule has 2 aliphatic rings. The number of imidazole rings is 1. The average molecular weight is 667 g/mol. The molecule has 2 aromatic rings. The molecule has 1 saturated heterocycles. The molecule has 4 rings (SSSR count). The average Bonchev–Trinajstić information content (AvgIpc) is 3.67. The Hall–Kier alpha value is -3.93. The summed E-state index contributed by atoms with van der Waals surface area (Å²) < 4.78 is 5.44. The minimum Gasteiger partial charge on any atom is -0.444 e. The van der Waals surface area contributed by atoms with Crippen molar-refractivity contribution >= 4 is 23.8 Å². The zero-order chi connectivity index (χ0) is 34.8. The number of aliphatic hydroxyl groups is 1. The summed E-state index contributed by atoms with van der Waals surface area (Å²) in [5, 5.41) is 20.3. The Bertz CT molecular complexity index is 1340. The number of rotatable bonds is 14. The third-order valence-corrected chi connectivity index (χ3v) is 9.58. The van der Waals surface area contributed by atoms with E-state index in [0.717, 1.165) is 37.7 Å². The molecule has 12 heteroatoms. The van der Waals surface area contributed by atoms with Crippen molar-refractivity contribution in [1.82, 2.24) is 30.8 Å². The Morgan fingerprint density at radius 3 is 2.29 bits per heavy atom. The molecule has 0 radical (unpaired) electrons. The number of hydrogen-bond acceptors (Lipinski definition) is 7. The van der Waals surface area contributed by atoms with Crippen LogP contribution < -0.4 is 16.0 Å². The van der Waals surface area contributed by atoms with Gasteiger partial charge in [-0.25, -0.2) is 9.78 Å². The third kappa shape index (κ3) is 10.5. The summed E-state index contributed by atoms with van der Waals surface area (Å²) in [5.41, 5.74) is 0.662. The second-order valence-corrected chi connectivity index (χ2v) is 14.4. The predicted molar refractivity (Wildman–Crippen MR) is 182 cm³/mol. The number of H-pyrrole nitrogens is 1. The summed E-state index contributed by atoms with van der Waals surface area (Å²) in [6.07, 6.45) is 8.72. The van der Waals surface area contributed by atoms with Gasteiger partial charge in [-0.1, -0.05) is 69.4 Å². The number of nitrogens with one attached hydrogen (secondary N) is 4. The zero-order valence-corrected chi connectivity index (χ0v) is 29.0. The smallest absolute Gasteiger partial charge is 0.408 e. The van der Waals surface area contributed by atoms with E-state index in [2.05, 4.69) is 25.9 Å². The molecule has 264 valence electrons. The number of amides is 4. The maximum atomic E-state index is 14.2. The van der Waals surface area contributed by atoms with Crippen LogP contribution in [0.4, 0.5) is 4.79 Å². The number of carbonyl (C=O) groups is 4. The first kappa shape index (κ1) is 36.9. The van der Waals surface area contributed by atoms with E-state index in [0.29, 0.717) is 24.5 Å². The van der Waals surface area contributed by atoms with Gasteiger partial charge >= 0.3 is 6.09 Å². The maximum Gasteiger partial charge on any atom is 0.408 e. The number of hydrogen-bond donors (Lipinski definition) is 5. The molecule has 6 atom stereocenters. The summed E-state index contributed by atoms with van der Waals surface area (Å²) in [7, 11) is 1.77. The molecule has 0 spiro atoms. The van der Waals surface area contributed by atoms with E-state index >= 15 is 0 Å². The third-order valence-electron chi connectivity index (χ3n) is 9.58. The lowest BCUT2D eigenvalue weighted by Gasteiger charge is -2.33. The Morgan fingerprint density at radius 1 is 1.02 bits per heavy atom. The van der Waals surface area contributed by atoms with E-state index < -0.39 is 53.7 Å². The Kier molecular flexibility index (Phi) is 13.0. The van der Waals surface area contributed by atoms with E-state index in [9.17, 15) is 24.3 Å². The van der Waals surface area contributed by atoms with E-state index in [4.69, 9.17) is 4.74 Å². The SMILES string of the molecule is CC[C@H]1C[C@@H]([C@H](O)[C@H](CC2CCCCC2)NC(=O)[C@H](Cc2cnc[nH]2)NC(=O)[C@H](Cc2ccccc2)NC(=O)OC(C)(C)C)C(=O)N1C. The number of carbonyl (C=O) groups excluding carboxylic acids is 4.